The van der Waals surface area contributed by atoms with Crippen molar-refractivity contribution in [1.29, 1.82) is 0 Å². The van der Waals surface area contributed by atoms with Gasteiger partial charge in [-0.3, -0.25) is 0 Å². The van der Waals surface area contributed by atoms with Crippen LogP contribution in [0.4, 0.5) is 5.82 Å². The van der Waals surface area contributed by atoms with Gasteiger partial charge in [-0.1, -0.05) is 25.4 Å². The zero-order chi connectivity index (χ0) is 9.56. The Morgan fingerprint density at radius 2 is 2.08 bits per heavy atom. The molecular formula is C8H14ClN3. The van der Waals surface area contributed by atoms with E-state index in [4.69, 9.17) is 17.4 Å². The maximum absolute atomic E-state index is 5.79. The predicted octanol–water partition coefficient (Wildman–Crippen LogP) is 2.36. The number of nitrogen functional groups attached to an aromatic ring is 1. The molecule has 0 atom stereocenters. The quantitative estimate of drug-likeness (QED) is 0.524. The first-order valence-electron chi connectivity index (χ1n) is 3.83. The van der Waals surface area contributed by atoms with Crippen LogP contribution in [0.2, 0.25) is 5.02 Å². The van der Waals surface area contributed by atoms with Crippen molar-refractivity contribution in [3.05, 3.63) is 22.8 Å². The molecule has 1 aromatic rings. The third kappa shape index (κ3) is 2.68. The largest absolute Gasteiger partial charge is 0.307 e. The molecule has 0 fully saturated rings. The number of aryl methyl sites for hydroxylation is 1. The number of nitrogens with two attached hydrogens (primary N) is 1. The van der Waals surface area contributed by atoms with Crippen LogP contribution in [0.3, 0.4) is 0 Å². The lowest BCUT2D eigenvalue weighted by Crippen LogP contribution is -2.09. The van der Waals surface area contributed by atoms with Gasteiger partial charge in [0, 0.05) is 6.20 Å². The van der Waals surface area contributed by atoms with Crippen molar-refractivity contribution in [1.82, 2.24) is 4.98 Å². The molecule has 1 heterocycles. The van der Waals surface area contributed by atoms with Crippen molar-refractivity contribution in [2.45, 2.75) is 20.8 Å². The van der Waals surface area contributed by atoms with E-state index in [-0.39, 0.29) is 0 Å². The van der Waals surface area contributed by atoms with Gasteiger partial charge in [-0.05, 0) is 18.6 Å². The Labute approximate surface area is 77.9 Å². The lowest BCUT2D eigenvalue weighted by molar-refractivity contribution is 1.21. The molecule has 0 saturated heterocycles. The van der Waals surface area contributed by atoms with Gasteiger partial charge in [0.25, 0.3) is 0 Å². The average molecular weight is 188 g/mol. The standard InChI is InChI=1S/C6H8ClN3.C2H6/c1-4-2-3-9-6(10-8)5(4)7;1-2/h2-3H,8H2,1H3,(H,9,10);1-2H3. The summed E-state index contributed by atoms with van der Waals surface area (Å²) in [5, 5.41) is 0.574. The third-order valence-electron chi connectivity index (χ3n) is 1.22. The van der Waals surface area contributed by atoms with Crippen LogP contribution in [-0.2, 0) is 0 Å². The lowest BCUT2D eigenvalue weighted by atomic mass is 10.3. The fourth-order valence-electron chi connectivity index (χ4n) is 0.641. The fraction of sp³-hybridized carbons (Fsp3) is 0.375. The molecule has 68 valence electrons. The molecule has 0 aliphatic rings. The molecule has 0 saturated carbocycles. The molecule has 0 radical (unpaired) electrons. The van der Waals surface area contributed by atoms with Crippen molar-refractivity contribution in [2.24, 2.45) is 5.84 Å². The number of anilines is 1. The highest BCUT2D eigenvalue weighted by Gasteiger charge is 2.00. The molecular weight excluding hydrogens is 174 g/mol. The summed E-state index contributed by atoms with van der Waals surface area (Å²) in [4.78, 5) is 3.89. The van der Waals surface area contributed by atoms with Gasteiger partial charge < -0.3 is 5.43 Å². The summed E-state index contributed by atoms with van der Waals surface area (Å²) in [6, 6.07) is 1.82. The number of rotatable bonds is 1. The van der Waals surface area contributed by atoms with E-state index in [9.17, 15) is 0 Å². The number of hydrogen-bond donors (Lipinski definition) is 2. The Morgan fingerprint density at radius 3 is 2.50 bits per heavy atom. The lowest BCUT2D eigenvalue weighted by Gasteiger charge is -2.02. The molecule has 3 N–H and O–H groups in total. The third-order valence-corrected chi connectivity index (χ3v) is 1.70. The predicted molar refractivity (Wildman–Crippen MR) is 53.1 cm³/mol. The van der Waals surface area contributed by atoms with E-state index in [2.05, 4.69) is 10.4 Å². The second-order valence-electron chi connectivity index (χ2n) is 1.93. The Bertz CT molecular complexity index is 238. The van der Waals surface area contributed by atoms with Crippen LogP contribution in [0.5, 0.6) is 0 Å². The summed E-state index contributed by atoms with van der Waals surface area (Å²) in [5.41, 5.74) is 3.36. The zero-order valence-corrected chi connectivity index (χ0v) is 8.31. The molecule has 0 bridgehead atoms. The first-order chi connectivity index (χ1) is 5.75. The Balaban J connectivity index is 0.000000561. The number of nitrogens with one attached hydrogen (secondary N) is 1. The van der Waals surface area contributed by atoms with Crippen LogP contribution in [0.25, 0.3) is 0 Å². The fourth-order valence-corrected chi connectivity index (χ4v) is 0.807. The summed E-state index contributed by atoms with van der Waals surface area (Å²) in [6.07, 6.45) is 1.65. The molecule has 0 aliphatic heterocycles. The molecule has 0 amide bonds. The molecule has 12 heavy (non-hydrogen) atoms. The SMILES string of the molecule is CC.Cc1ccnc(NN)c1Cl. The van der Waals surface area contributed by atoms with Crippen LogP contribution in [0.1, 0.15) is 19.4 Å². The number of hydrogen-bond acceptors (Lipinski definition) is 3. The second kappa shape index (κ2) is 5.80. The smallest absolute Gasteiger partial charge is 0.159 e. The second-order valence-corrected chi connectivity index (χ2v) is 2.31. The van der Waals surface area contributed by atoms with Gasteiger partial charge in [-0.15, -0.1) is 0 Å². The van der Waals surface area contributed by atoms with Crippen LogP contribution in [0, 0.1) is 6.92 Å². The van der Waals surface area contributed by atoms with Gasteiger partial charge in [0.2, 0.25) is 0 Å². The Morgan fingerprint density at radius 1 is 1.50 bits per heavy atom. The minimum Gasteiger partial charge on any atom is -0.307 e. The van der Waals surface area contributed by atoms with Crippen LogP contribution in [0.15, 0.2) is 12.3 Å². The maximum Gasteiger partial charge on any atom is 0.159 e. The number of nitrogens with zero attached hydrogens (tertiary/aromatic N) is 1. The van der Waals surface area contributed by atoms with Crippen LogP contribution < -0.4 is 11.3 Å². The van der Waals surface area contributed by atoms with E-state index < -0.39 is 0 Å². The maximum atomic E-state index is 5.79. The van der Waals surface area contributed by atoms with Crippen molar-refractivity contribution >= 4 is 17.4 Å². The van der Waals surface area contributed by atoms with E-state index in [1.807, 2.05) is 26.8 Å². The average Bonchev–Trinajstić information content (AvgIpc) is 2.13. The Kier molecular flexibility index (Phi) is 5.41. The van der Waals surface area contributed by atoms with E-state index in [0.717, 1.165) is 5.56 Å². The molecule has 0 spiro atoms. The first kappa shape index (κ1) is 11.2. The zero-order valence-electron chi connectivity index (χ0n) is 7.56. The first-order valence-corrected chi connectivity index (χ1v) is 4.21. The molecule has 1 rings (SSSR count). The van der Waals surface area contributed by atoms with Gasteiger partial charge in [0.15, 0.2) is 5.82 Å². The molecule has 0 aliphatic carbocycles. The van der Waals surface area contributed by atoms with Crippen molar-refractivity contribution in [3.8, 4) is 0 Å². The summed E-state index contributed by atoms with van der Waals surface area (Å²) in [5.74, 6) is 5.64. The number of hydrazine groups is 1. The molecule has 3 nitrogen and oxygen atoms in total. The van der Waals surface area contributed by atoms with Gasteiger partial charge in [-0.2, -0.15) is 0 Å². The van der Waals surface area contributed by atoms with Crippen LogP contribution >= 0.6 is 11.6 Å². The Hall–Kier alpha value is -0.800. The topological polar surface area (TPSA) is 50.9 Å². The van der Waals surface area contributed by atoms with Gasteiger partial charge in [0.05, 0.1) is 5.02 Å². The van der Waals surface area contributed by atoms with E-state index >= 15 is 0 Å². The van der Waals surface area contributed by atoms with Gasteiger partial charge in [-0.25, -0.2) is 10.8 Å². The highest BCUT2D eigenvalue weighted by atomic mass is 35.5. The molecule has 1 aromatic heterocycles. The number of pyridine rings is 1. The normalized spacial score (nSPS) is 8.42. The molecule has 0 unspecified atom stereocenters. The van der Waals surface area contributed by atoms with E-state index in [1.54, 1.807) is 6.20 Å². The highest BCUT2D eigenvalue weighted by Crippen LogP contribution is 2.20. The van der Waals surface area contributed by atoms with E-state index in [0.29, 0.717) is 10.8 Å². The molecule has 4 heteroatoms. The van der Waals surface area contributed by atoms with Gasteiger partial charge in [0.1, 0.15) is 0 Å². The minimum atomic E-state index is 0.515. The van der Waals surface area contributed by atoms with Crippen molar-refractivity contribution in [3.63, 3.8) is 0 Å². The summed E-state index contributed by atoms with van der Waals surface area (Å²) in [7, 11) is 0. The summed E-state index contributed by atoms with van der Waals surface area (Å²) in [6.45, 7) is 5.89. The number of halogens is 1. The van der Waals surface area contributed by atoms with Crippen molar-refractivity contribution in [2.75, 3.05) is 5.43 Å². The number of aromatic nitrogens is 1. The summed E-state index contributed by atoms with van der Waals surface area (Å²) >= 11 is 5.79. The van der Waals surface area contributed by atoms with E-state index in [1.165, 1.54) is 0 Å². The monoisotopic (exact) mass is 187 g/mol. The minimum absolute atomic E-state index is 0.515. The van der Waals surface area contributed by atoms with Crippen molar-refractivity contribution < 1.29 is 0 Å². The highest BCUT2D eigenvalue weighted by molar-refractivity contribution is 6.33. The van der Waals surface area contributed by atoms with Gasteiger partial charge >= 0.3 is 0 Å². The summed E-state index contributed by atoms with van der Waals surface area (Å²) < 4.78 is 0. The van der Waals surface area contributed by atoms with Crippen LogP contribution in [-0.4, -0.2) is 4.98 Å². The molecule has 0 aromatic carbocycles.